The molecule has 0 amide bonds. The highest BCUT2D eigenvalue weighted by molar-refractivity contribution is 5.75. The molecule has 1 aliphatic carbocycles. The number of aldehydes is 1. The predicted molar refractivity (Wildman–Crippen MR) is 39.5 cm³/mol. The molecular weight excluding hydrogens is 182 g/mol. The zero-order valence-electron chi connectivity index (χ0n) is 6.87. The molecule has 1 fully saturated rings. The molecule has 0 spiro atoms. The molecule has 1 rings (SSSR count). The molecule has 1 N–H and O–H groups in total. The number of carbonyl (C=O) groups is 2. The molecule has 1 aliphatic rings. The molecule has 0 heterocycles. The van der Waals surface area contributed by atoms with Crippen molar-refractivity contribution in [2.45, 2.75) is 25.2 Å². The highest BCUT2D eigenvalue weighted by Crippen LogP contribution is 2.39. The maximum Gasteiger partial charge on any atom is 0.307 e. The molecular formula is C8H10F2O3. The van der Waals surface area contributed by atoms with Crippen LogP contribution in [0.25, 0.3) is 0 Å². The van der Waals surface area contributed by atoms with Gasteiger partial charge in [-0.3, -0.25) is 4.79 Å². The van der Waals surface area contributed by atoms with Crippen LogP contribution in [0, 0.1) is 11.8 Å². The van der Waals surface area contributed by atoms with E-state index in [0.717, 1.165) is 0 Å². The van der Waals surface area contributed by atoms with E-state index in [1.54, 1.807) is 0 Å². The van der Waals surface area contributed by atoms with Gasteiger partial charge in [0.15, 0.2) is 0 Å². The lowest BCUT2D eigenvalue weighted by molar-refractivity contribution is -0.154. The van der Waals surface area contributed by atoms with Crippen LogP contribution in [0.2, 0.25) is 0 Å². The molecule has 2 atom stereocenters. The highest BCUT2D eigenvalue weighted by Gasteiger charge is 2.44. The van der Waals surface area contributed by atoms with Crippen molar-refractivity contribution in [2.75, 3.05) is 0 Å². The molecule has 0 radical (unpaired) electrons. The van der Waals surface area contributed by atoms with Crippen molar-refractivity contribution in [3.05, 3.63) is 0 Å². The molecule has 5 heteroatoms. The quantitative estimate of drug-likeness (QED) is 0.671. The normalized spacial score (nSPS) is 32.5. The van der Waals surface area contributed by atoms with Gasteiger partial charge in [-0.2, -0.15) is 0 Å². The first-order valence-electron chi connectivity index (χ1n) is 4.02. The fourth-order valence-corrected chi connectivity index (χ4v) is 1.59. The lowest BCUT2D eigenvalue weighted by Crippen LogP contribution is -2.37. The zero-order chi connectivity index (χ0) is 10.1. The summed E-state index contributed by atoms with van der Waals surface area (Å²) in [5, 5.41) is 8.58. The number of aliphatic carboxylic acids is 1. The van der Waals surface area contributed by atoms with Crippen molar-refractivity contribution in [1.29, 1.82) is 0 Å². The smallest absolute Gasteiger partial charge is 0.307 e. The van der Waals surface area contributed by atoms with E-state index in [9.17, 15) is 18.4 Å². The van der Waals surface area contributed by atoms with Crippen LogP contribution in [0.1, 0.15) is 19.3 Å². The number of rotatable bonds is 2. The van der Waals surface area contributed by atoms with Crippen molar-refractivity contribution < 1.29 is 23.5 Å². The van der Waals surface area contributed by atoms with Gasteiger partial charge < -0.3 is 9.90 Å². The van der Waals surface area contributed by atoms with Gasteiger partial charge in [-0.05, 0) is 6.42 Å². The number of hydrogen-bond donors (Lipinski definition) is 1. The zero-order valence-corrected chi connectivity index (χ0v) is 6.87. The van der Waals surface area contributed by atoms with Gasteiger partial charge >= 0.3 is 5.97 Å². The number of halogens is 2. The first-order valence-corrected chi connectivity index (χ1v) is 4.02. The number of carboxylic acid groups (broad SMARTS) is 1. The minimum Gasteiger partial charge on any atom is -0.481 e. The summed E-state index contributed by atoms with van der Waals surface area (Å²) in [7, 11) is 0. The summed E-state index contributed by atoms with van der Waals surface area (Å²) in [6.07, 6.45) is -0.673. The van der Waals surface area contributed by atoms with E-state index in [2.05, 4.69) is 0 Å². The molecule has 13 heavy (non-hydrogen) atoms. The third kappa shape index (κ3) is 2.23. The van der Waals surface area contributed by atoms with Gasteiger partial charge in [0.05, 0.1) is 5.92 Å². The van der Waals surface area contributed by atoms with Crippen LogP contribution >= 0.6 is 0 Å². The summed E-state index contributed by atoms with van der Waals surface area (Å²) in [6, 6.07) is 0. The Morgan fingerprint density at radius 3 is 2.62 bits per heavy atom. The first-order chi connectivity index (χ1) is 5.96. The Balaban J connectivity index is 2.74. The molecule has 0 bridgehead atoms. The van der Waals surface area contributed by atoms with Crippen molar-refractivity contribution >= 4 is 12.3 Å². The van der Waals surface area contributed by atoms with Gasteiger partial charge in [0, 0.05) is 18.8 Å². The number of hydrogen-bond acceptors (Lipinski definition) is 2. The van der Waals surface area contributed by atoms with E-state index in [4.69, 9.17) is 5.11 Å². The monoisotopic (exact) mass is 192 g/mol. The molecule has 0 aromatic rings. The number of carbonyl (C=O) groups excluding carboxylic acids is 1. The SMILES string of the molecule is O=CC1CCC(F)(F)CC1C(=O)O. The lowest BCUT2D eigenvalue weighted by Gasteiger charge is -2.30. The fraction of sp³-hybridized carbons (Fsp3) is 0.750. The molecule has 0 saturated heterocycles. The first kappa shape index (κ1) is 10.1. The summed E-state index contributed by atoms with van der Waals surface area (Å²) in [4.78, 5) is 20.9. The average molecular weight is 192 g/mol. The van der Waals surface area contributed by atoms with Crippen LogP contribution in [0.5, 0.6) is 0 Å². The topological polar surface area (TPSA) is 54.4 Å². The summed E-state index contributed by atoms with van der Waals surface area (Å²) in [5.74, 6) is -6.21. The second kappa shape index (κ2) is 3.40. The summed E-state index contributed by atoms with van der Waals surface area (Å²) < 4.78 is 25.5. The predicted octanol–water partition coefficient (Wildman–Crippen LogP) is 1.32. The Morgan fingerprint density at radius 1 is 1.54 bits per heavy atom. The van der Waals surface area contributed by atoms with E-state index in [0.29, 0.717) is 6.29 Å². The van der Waals surface area contributed by atoms with Gasteiger partial charge in [0.1, 0.15) is 6.29 Å². The van der Waals surface area contributed by atoms with Gasteiger partial charge in [0.25, 0.3) is 0 Å². The Morgan fingerprint density at radius 2 is 2.15 bits per heavy atom. The molecule has 0 aromatic heterocycles. The summed E-state index contributed by atoms with van der Waals surface area (Å²) >= 11 is 0. The number of alkyl halides is 2. The van der Waals surface area contributed by atoms with Gasteiger partial charge in [-0.1, -0.05) is 0 Å². The third-order valence-corrected chi connectivity index (χ3v) is 2.37. The van der Waals surface area contributed by atoms with Gasteiger partial charge in [-0.25, -0.2) is 8.78 Å². The van der Waals surface area contributed by atoms with E-state index in [1.807, 2.05) is 0 Å². The van der Waals surface area contributed by atoms with Gasteiger partial charge in [0.2, 0.25) is 5.92 Å². The number of carboxylic acids is 1. The Labute approximate surface area is 73.7 Å². The second-order valence-corrected chi connectivity index (χ2v) is 3.34. The molecule has 74 valence electrons. The van der Waals surface area contributed by atoms with Crippen molar-refractivity contribution in [2.24, 2.45) is 11.8 Å². The largest absolute Gasteiger partial charge is 0.481 e. The van der Waals surface area contributed by atoms with Crippen LogP contribution in [0.4, 0.5) is 8.78 Å². The van der Waals surface area contributed by atoms with E-state index >= 15 is 0 Å². The maximum atomic E-state index is 12.7. The van der Waals surface area contributed by atoms with Crippen molar-refractivity contribution in [3.8, 4) is 0 Å². The molecule has 2 unspecified atom stereocenters. The van der Waals surface area contributed by atoms with E-state index in [1.165, 1.54) is 0 Å². The molecule has 1 saturated carbocycles. The summed E-state index contributed by atoms with van der Waals surface area (Å²) in [5.41, 5.74) is 0. The van der Waals surface area contributed by atoms with Crippen LogP contribution in [0.3, 0.4) is 0 Å². The van der Waals surface area contributed by atoms with Gasteiger partial charge in [-0.15, -0.1) is 0 Å². The highest BCUT2D eigenvalue weighted by atomic mass is 19.3. The van der Waals surface area contributed by atoms with E-state index in [-0.39, 0.29) is 12.8 Å². The van der Waals surface area contributed by atoms with E-state index < -0.39 is 30.1 Å². The standard InChI is InChI=1S/C8H10F2O3/c9-8(10)2-1-5(4-11)6(3-8)7(12)13/h4-6H,1-3H2,(H,12,13). The van der Waals surface area contributed by atoms with Crippen LogP contribution < -0.4 is 0 Å². The maximum absolute atomic E-state index is 12.7. The molecule has 3 nitrogen and oxygen atoms in total. The van der Waals surface area contributed by atoms with Crippen LogP contribution in [-0.4, -0.2) is 23.3 Å². The summed E-state index contributed by atoms with van der Waals surface area (Å²) in [6.45, 7) is 0. The Bertz CT molecular complexity index is 227. The van der Waals surface area contributed by atoms with Crippen molar-refractivity contribution in [1.82, 2.24) is 0 Å². The second-order valence-electron chi connectivity index (χ2n) is 3.34. The van der Waals surface area contributed by atoms with Crippen LogP contribution in [0.15, 0.2) is 0 Å². The fourth-order valence-electron chi connectivity index (χ4n) is 1.59. The Kier molecular flexibility index (Phi) is 2.63. The third-order valence-electron chi connectivity index (χ3n) is 2.37. The van der Waals surface area contributed by atoms with Crippen molar-refractivity contribution in [3.63, 3.8) is 0 Å². The van der Waals surface area contributed by atoms with Crippen LogP contribution in [-0.2, 0) is 9.59 Å². The molecule has 0 aliphatic heterocycles. The lowest BCUT2D eigenvalue weighted by atomic mass is 9.78. The minimum atomic E-state index is -2.93. The average Bonchev–Trinajstić information content (AvgIpc) is 2.03. The minimum absolute atomic E-state index is 0.0343. The Hall–Kier alpha value is -1.00. The molecule has 0 aromatic carbocycles.